The van der Waals surface area contributed by atoms with Gasteiger partial charge in [0.15, 0.2) is 29.8 Å². The number of nitrogens with two attached hydrogens (primary N) is 1. The SMILES string of the molecule is NC1(COc2cc(F)c3c(c2F)CC(CN2CCC4(CC2)CN(c2cnc5c(n2)NC(=O)CO5)C(=O)O4)C3)CC1.O=CO. The number of fused-ring (bicyclic) bond motifs is 2. The number of benzene rings is 1. The van der Waals surface area contributed by atoms with E-state index in [0.717, 1.165) is 18.9 Å². The minimum Gasteiger partial charge on any atom is -0.488 e. The van der Waals surface area contributed by atoms with E-state index in [0.29, 0.717) is 63.0 Å². The number of aromatic nitrogens is 2. The van der Waals surface area contributed by atoms with Crippen molar-refractivity contribution in [2.24, 2.45) is 11.7 Å². The van der Waals surface area contributed by atoms with Crippen LogP contribution >= 0.6 is 0 Å². The fourth-order valence-electron chi connectivity index (χ4n) is 6.09. The van der Waals surface area contributed by atoms with Crippen molar-refractivity contribution in [3.8, 4) is 11.6 Å². The van der Waals surface area contributed by atoms with E-state index < -0.39 is 28.9 Å². The minimum atomic E-state index is -0.657. The number of piperidine rings is 1. The number of amides is 2. The monoisotopic (exact) mass is 602 g/mol. The molecule has 1 aromatic carbocycles. The first-order valence-electron chi connectivity index (χ1n) is 14.1. The van der Waals surface area contributed by atoms with Crippen LogP contribution in [0, 0.1) is 17.6 Å². The van der Waals surface area contributed by atoms with E-state index in [1.807, 2.05) is 0 Å². The molecule has 3 fully saturated rings. The highest BCUT2D eigenvalue weighted by Crippen LogP contribution is 2.40. The summed E-state index contributed by atoms with van der Waals surface area (Å²) in [6, 6.07) is 1.15. The van der Waals surface area contributed by atoms with Crippen molar-refractivity contribution in [2.45, 2.75) is 49.7 Å². The molecule has 2 amide bonds. The van der Waals surface area contributed by atoms with E-state index in [-0.39, 0.29) is 54.8 Å². The smallest absolute Gasteiger partial charge is 0.416 e. The Morgan fingerprint density at radius 2 is 1.91 bits per heavy atom. The molecule has 1 unspecified atom stereocenters. The van der Waals surface area contributed by atoms with Crippen LogP contribution in [0.1, 0.15) is 36.8 Å². The van der Waals surface area contributed by atoms with E-state index in [2.05, 4.69) is 20.2 Å². The van der Waals surface area contributed by atoms with E-state index in [1.54, 1.807) is 0 Å². The van der Waals surface area contributed by atoms with Crippen molar-refractivity contribution in [1.29, 1.82) is 0 Å². The maximum atomic E-state index is 15.2. The fourth-order valence-corrected chi connectivity index (χ4v) is 6.09. The predicted octanol–water partition coefficient (Wildman–Crippen LogP) is 1.86. The van der Waals surface area contributed by atoms with Crippen LogP contribution < -0.4 is 25.4 Å². The third-order valence-corrected chi connectivity index (χ3v) is 8.64. The third kappa shape index (κ3) is 5.91. The highest BCUT2D eigenvalue weighted by Gasteiger charge is 2.48. The Morgan fingerprint density at radius 3 is 2.63 bits per heavy atom. The molecule has 2 aromatic rings. The maximum Gasteiger partial charge on any atom is 0.416 e. The molecule has 15 heteroatoms. The molecule has 2 saturated heterocycles. The van der Waals surface area contributed by atoms with Gasteiger partial charge in [-0.25, -0.2) is 23.5 Å². The van der Waals surface area contributed by atoms with Crippen molar-refractivity contribution >= 4 is 30.1 Å². The summed E-state index contributed by atoms with van der Waals surface area (Å²) in [5.74, 6) is -0.555. The average molecular weight is 603 g/mol. The molecular weight excluding hydrogens is 570 g/mol. The highest BCUT2D eigenvalue weighted by atomic mass is 19.1. The minimum absolute atomic E-state index is 0.0559. The first-order chi connectivity index (χ1) is 20.6. The zero-order valence-electron chi connectivity index (χ0n) is 23.3. The van der Waals surface area contributed by atoms with Gasteiger partial charge in [-0.1, -0.05) is 0 Å². The predicted molar refractivity (Wildman–Crippen MR) is 146 cm³/mol. The lowest BCUT2D eigenvalue weighted by Gasteiger charge is -2.38. The molecule has 1 spiro atoms. The summed E-state index contributed by atoms with van der Waals surface area (Å²) in [4.78, 5) is 45.0. The van der Waals surface area contributed by atoms with E-state index in [4.69, 9.17) is 29.8 Å². The number of ether oxygens (including phenoxy) is 3. The summed E-state index contributed by atoms with van der Waals surface area (Å²) in [6.45, 7) is 2.19. The van der Waals surface area contributed by atoms with Gasteiger partial charge in [0.2, 0.25) is 0 Å². The summed E-state index contributed by atoms with van der Waals surface area (Å²) < 4.78 is 46.7. The Labute approximate surface area is 245 Å². The van der Waals surface area contributed by atoms with Crippen molar-refractivity contribution in [1.82, 2.24) is 14.9 Å². The van der Waals surface area contributed by atoms with Crippen LogP contribution in [-0.4, -0.2) is 89.0 Å². The normalized spacial score (nSPS) is 22.9. The Kier molecular flexibility index (Phi) is 7.54. The van der Waals surface area contributed by atoms with Crippen molar-refractivity contribution < 1.29 is 42.5 Å². The summed E-state index contributed by atoms with van der Waals surface area (Å²) in [6.07, 6.45) is 4.74. The second-order valence-corrected chi connectivity index (χ2v) is 11.8. The molecule has 0 bridgehead atoms. The van der Waals surface area contributed by atoms with Gasteiger partial charge in [-0.05, 0) is 42.7 Å². The van der Waals surface area contributed by atoms with Crippen LogP contribution in [0.5, 0.6) is 11.6 Å². The molecule has 1 saturated carbocycles. The molecule has 2 aliphatic carbocycles. The standard InChI is InChI=1S/C27H30F2N6O5.CH2O2/c28-18-9-19(39-14-26(30)1-2-26)22(29)17-8-15(7-16(17)18)11-34-5-3-27(4-6-34)13-35(25(37)40-27)20-10-31-24-23(32-20)33-21(36)12-38-24;2-1-3/h9-10,15H,1-8,11-14,30H2,(H,32,33,36);1H,(H,2,3). The topological polar surface area (TPSA) is 169 Å². The molecule has 4 N–H and O–H groups in total. The summed E-state index contributed by atoms with van der Waals surface area (Å²) >= 11 is 0. The zero-order chi connectivity index (χ0) is 30.4. The lowest BCUT2D eigenvalue weighted by molar-refractivity contribution is -0.123. The number of hydrogen-bond acceptors (Lipinski definition) is 10. The number of likely N-dealkylation sites (tertiary alicyclic amines) is 1. The Morgan fingerprint density at radius 1 is 1.19 bits per heavy atom. The molecule has 230 valence electrons. The number of rotatable bonds is 6. The fraction of sp³-hybridized carbons (Fsp3) is 0.536. The number of hydrogen-bond donors (Lipinski definition) is 3. The molecule has 43 heavy (non-hydrogen) atoms. The maximum absolute atomic E-state index is 15.2. The van der Waals surface area contributed by atoms with Crippen LogP contribution in [0.15, 0.2) is 12.3 Å². The quantitative estimate of drug-likeness (QED) is 0.413. The van der Waals surface area contributed by atoms with Crippen LogP contribution in [0.3, 0.4) is 0 Å². The lowest BCUT2D eigenvalue weighted by atomic mass is 9.90. The van der Waals surface area contributed by atoms with Crippen LogP contribution in [0.2, 0.25) is 0 Å². The van der Waals surface area contributed by atoms with Crippen molar-refractivity contribution in [2.75, 3.05) is 49.6 Å². The molecule has 0 radical (unpaired) electrons. The second kappa shape index (κ2) is 11.2. The van der Waals surface area contributed by atoms with Gasteiger partial charge >= 0.3 is 6.09 Å². The number of nitrogens with zero attached hydrogens (tertiary/aromatic N) is 4. The van der Waals surface area contributed by atoms with Gasteiger partial charge in [-0.2, -0.15) is 0 Å². The van der Waals surface area contributed by atoms with Gasteiger partial charge in [-0.15, -0.1) is 0 Å². The molecule has 1 aromatic heterocycles. The Balaban J connectivity index is 0.00000105. The van der Waals surface area contributed by atoms with E-state index >= 15 is 4.39 Å². The van der Waals surface area contributed by atoms with Gasteiger partial charge < -0.3 is 35.3 Å². The largest absolute Gasteiger partial charge is 0.488 e. The number of carboxylic acid groups (broad SMARTS) is 1. The number of halogens is 2. The second-order valence-electron chi connectivity index (χ2n) is 11.8. The number of nitrogens with one attached hydrogen (secondary N) is 1. The van der Waals surface area contributed by atoms with Crippen molar-refractivity contribution in [3.05, 3.63) is 35.0 Å². The average Bonchev–Trinajstić information content (AvgIpc) is 3.41. The van der Waals surface area contributed by atoms with Crippen molar-refractivity contribution in [3.63, 3.8) is 0 Å². The Bertz CT molecular complexity index is 1450. The first-order valence-corrected chi connectivity index (χ1v) is 14.1. The molecular formula is C28H32F2N6O7. The van der Waals surface area contributed by atoms with E-state index in [9.17, 15) is 14.0 Å². The van der Waals surface area contributed by atoms with E-state index in [1.165, 1.54) is 11.1 Å². The zero-order valence-corrected chi connectivity index (χ0v) is 23.3. The first kappa shape index (κ1) is 29.0. The summed E-state index contributed by atoms with van der Waals surface area (Å²) in [5.41, 5.74) is 5.81. The molecule has 13 nitrogen and oxygen atoms in total. The van der Waals surface area contributed by atoms with Gasteiger partial charge in [-0.3, -0.25) is 14.5 Å². The van der Waals surface area contributed by atoms with Crippen LogP contribution in [0.25, 0.3) is 0 Å². The molecule has 1 atom stereocenters. The summed E-state index contributed by atoms with van der Waals surface area (Å²) in [5, 5.41) is 9.49. The van der Waals surface area contributed by atoms with Gasteiger partial charge in [0.25, 0.3) is 18.3 Å². The highest BCUT2D eigenvalue weighted by molar-refractivity contribution is 5.94. The van der Waals surface area contributed by atoms with Gasteiger partial charge in [0.05, 0.1) is 18.3 Å². The summed E-state index contributed by atoms with van der Waals surface area (Å²) in [7, 11) is 0. The molecule has 7 rings (SSSR count). The van der Waals surface area contributed by atoms with Gasteiger partial charge in [0, 0.05) is 38.5 Å². The molecule has 3 aliphatic heterocycles. The molecule has 5 aliphatic rings. The number of anilines is 2. The lowest BCUT2D eigenvalue weighted by Crippen LogP contribution is -2.48. The van der Waals surface area contributed by atoms with Gasteiger partial charge in [0.1, 0.15) is 18.0 Å². The molecule has 4 heterocycles. The van der Waals surface area contributed by atoms with Crippen LogP contribution in [0.4, 0.5) is 25.2 Å². The third-order valence-electron chi connectivity index (χ3n) is 8.64. The number of carbonyl (C=O) groups is 3. The van der Waals surface area contributed by atoms with Crippen LogP contribution in [-0.2, 0) is 27.2 Å². The number of carbonyl (C=O) groups excluding carboxylic acids is 2. The Hall–Kier alpha value is -4.11.